The molecule has 9 heteroatoms. The molecular weight excluding hydrogens is 501 g/mol. The van der Waals surface area contributed by atoms with Gasteiger partial charge in [-0.1, -0.05) is 47.5 Å². The van der Waals surface area contributed by atoms with Crippen molar-refractivity contribution in [3.8, 4) is 11.4 Å². The van der Waals surface area contributed by atoms with Crippen molar-refractivity contribution in [2.75, 3.05) is 44.2 Å². The number of rotatable bonds is 5. The van der Waals surface area contributed by atoms with Crippen LogP contribution < -0.4 is 10.2 Å². The molecule has 4 aromatic rings. The van der Waals surface area contributed by atoms with Gasteiger partial charge in [0.1, 0.15) is 17.2 Å². The van der Waals surface area contributed by atoms with E-state index in [9.17, 15) is 4.39 Å². The first-order valence-corrected chi connectivity index (χ1v) is 13.6. The number of hydrogen-bond acceptors (Lipinski definition) is 6. The van der Waals surface area contributed by atoms with E-state index in [1.165, 1.54) is 23.8 Å². The van der Waals surface area contributed by atoms with Crippen LogP contribution in [-0.2, 0) is 6.54 Å². The molecule has 1 aromatic carbocycles. The zero-order valence-electron chi connectivity index (χ0n) is 21.3. The van der Waals surface area contributed by atoms with Gasteiger partial charge in [-0.2, -0.15) is 0 Å². The second-order valence-corrected chi connectivity index (χ2v) is 10.4. The third kappa shape index (κ3) is 5.57. The monoisotopic (exact) mass is 531 g/mol. The van der Waals surface area contributed by atoms with Crippen molar-refractivity contribution in [3.05, 3.63) is 76.5 Å². The van der Waals surface area contributed by atoms with E-state index in [1.54, 1.807) is 18.5 Å². The van der Waals surface area contributed by atoms with Gasteiger partial charge in [0.2, 0.25) is 0 Å². The van der Waals surface area contributed by atoms with Crippen LogP contribution in [0.1, 0.15) is 30.4 Å². The predicted octanol–water partition coefficient (Wildman–Crippen LogP) is 5.29. The van der Waals surface area contributed by atoms with E-state index < -0.39 is 0 Å². The lowest BCUT2D eigenvalue weighted by Gasteiger charge is -2.36. The molecule has 196 valence electrons. The Balaban J connectivity index is 1.19. The molecule has 6 rings (SSSR count). The van der Waals surface area contributed by atoms with Crippen LogP contribution >= 0.6 is 11.6 Å². The van der Waals surface area contributed by atoms with Crippen LogP contribution in [0.2, 0.25) is 5.02 Å². The van der Waals surface area contributed by atoms with Gasteiger partial charge < -0.3 is 15.2 Å². The van der Waals surface area contributed by atoms with Crippen molar-refractivity contribution in [1.29, 1.82) is 0 Å². The summed E-state index contributed by atoms with van der Waals surface area (Å²) >= 11 is 6.67. The molecular formula is C29H31ClFN7. The maximum Gasteiger partial charge on any atom is 0.159 e. The lowest BCUT2D eigenvalue weighted by molar-refractivity contribution is 0.249. The molecule has 2 saturated heterocycles. The van der Waals surface area contributed by atoms with Crippen molar-refractivity contribution in [1.82, 2.24) is 30.2 Å². The summed E-state index contributed by atoms with van der Waals surface area (Å²) < 4.78 is 13.5. The highest BCUT2D eigenvalue weighted by Gasteiger charge is 2.23. The normalized spacial score (nSPS) is 18.3. The number of pyridine rings is 2. The fourth-order valence-corrected chi connectivity index (χ4v) is 5.60. The number of piperazine rings is 1. The number of nitrogens with one attached hydrogen (secondary N) is 2. The van der Waals surface area contributed by atoms with E-state index in [0.717, 1.165) is 85.9 Å². The molecule has 5 heterocycles. The van der Waals surface area contributed by atoms with Gasteiger partial charge in [0, 0.05) is 44.5 Å². The van der Waals surface area contributed by atoms with Gasteiger partial charge in [-0.05, 0) is 49.5 Å². The van der Waals surface area contributed by atoms with E-state index in [0.29, 0.717) is 11.6 Å². The largest absolute Gasteiger partial charge is 0.366 e. The summed E-state index contributed by atoms with van der Waals surface area (Å²) in [6.45, 7) is 6.09. The third-order valence-corrected chi connectivity index (χ3v) is 7.60. The molecule has 2 aliphatic heterocycles. The van der Waals surface area contributed by atoms with Gasteiger partial charge in [-0.15, -0.1) is 0 Å². The average molecular weight is 532 g/mol. The summed E-state index contributed by atoms with van der Waals surface area (Å²) in [7, 11) is 0. The number of aromatic nitrogens is 4. The van der Waals surface area contributed by atoms with Crippen molar-refractivity contribution in [3.63, 3.8) is 0 Å². The lowest BCUT2D eigenvalue weighted by Crippen LogP contribution is -2.46. The summed E-state index contributed by atoms with van der Waals surface area (Å²) in [5.74, 6) is 0.483. The Bertz CT molecular complexity index is 1430. The van der Waals surface area contributed by atoms with Gasteiger partial charge in [-0.25, -0.2) is 14.4 Å². The van der Waals surface area contributed by atoms with E-state index >= 15 is 0 Å². The minimum atomic E-state index is -0.301. The second-order valence-electron chi connectivity index (χ2n) is 10.0. The zero-order valence-corrected chi connectivity index (χ0v) is 22.0. The molecule has 0 saturated carbocycles. The summed E-state index contributed by atoms with van der Waals surface area (Å²) in [6, 6.07) is 10.1. The van der Waals surface area contributed by atoms with Gasteiger partial charge >= 0.3 is 0 Å². The Morgan fingerprint density at radius 1 is 1.00 bits per heavy atom. The zero-order chi connectivity index (χ0) is 25.9. The molecule has 0 spiro atoms. The highest BCUT2D eigenvalue weighted by Crippen LogP contribution is 2.34. The van der Waals surface area contributed by atoms with Crippen LogP contribution in [0.15, 0.2) is 54.5 Å². The standard InChI is InChI=1S/C29H31ClFN7/c30-25-18-34-29-26(27(25)38-12-10-37(11-13-38)19-22-15-24(31)17-33-16-22)35-28(36-29)23-5-3-21(4-6-23)14-20-2-1-8-32-9-7-20/h3-6,14-18,32H,1-2,7-13,19H2,(H,34,35,36)/b20-14-. The fourth-order valence-electron chi connectivity index (χ4n) is 5.34. The highest BCUT2D eigenvalue weighted by atomic mass is 35.5. The van der Waals surface area contributed by atoms with Crippen LogP contribution in [0.25, 0.3) is 28.6 Å². The van der Waals surface area contributed by atoms with Gasteiger partial charge in [0.05, 0.1) is 23.1 Å². The van der Waals surface area contributed by atoms with E-state index in [1.807, 2.05) is 0 Å². The maximum absolute atomic E-state index is 13.5. The number of aromatic amines is 1. The average Bonchev–Trinajstić information content (AvgIpc) is 3.19. The van der Waals surface area contributed by atoms with Gasteiger partial charge in [0.15, 0.2) is 5.65 Å². The maximum atomic E-state index is 13.5. The molecule has 0 aliphatic carbocycles. The summed E-state index contributed by atoms with van der Waals surface area (Å²) in [5, 5.41) is 4.06. The van der Waals surface area contributed by atoms with E-state index in [-0.39, 0.29) is 5.82 Å². The molecule has 0 amide bonds. The van der Waals surface area contributed by atoms with Crippen molar-refractivity contribution in [2.45, 2.75) is 25.8 Å². The second kappa shape index (κ2) is 11.2. The predicted molar refractivity (Wildman–Crippen MR) is 151 cm³/mol. The van der Waals surface area contributed by atoms with E-state index in [4.69, 9.17) is 16.6 Å². The minimum absolute atomic E-state index is 0.301. The Hall–Kier alpha value is -3.33. The molecule has 2 aliphatic rings. The SMILES string of the molecule is Fc1cncc(CN2CCN(c3c(Cl)cnc4[nH]c(-c5ccc(/C=C6/CCCNCC6)cc5)nc34)CC2)c1. The number of fused-ring (bicyclic) bond motifs is 1. The van der Waals surface area contributed by atoms with Crippen molar-refractivity contribution >= 4 is 34.5 Å². The highest BCUT2D eigenvalue weighted by molar-refractivity contribution is 6.34. The lowest BCUT2D eigenvalue weighted by atomic mass is 10.0. The topological polar surface area (TPSA) is 73.0 Å². The molecule has 7 nitrogen and oxygen atoms in total. The molecule has 2 fully saturated rings. The number of nitrogens with zero attached hydrogens (tertiary/aromatic N) is 5. The Kier molecular flexibility index (Phi) is 7.35. The number of imidazole rings is 1. The number of H-pyrrole nitrogens is 1. The van der Waals surface area contributed by atoms with Crippen molar-refractivity contribution < 1.29 is 4.39 Å². The molecule has 0 bridgehead atoms. The van der Waals surface area contributed by atoms with Crippen LogP contribution in [-0.4, -0.2) is 64.1 Å². The Morgan fingerprint density at radius 2 is 1.84 bits per heavy atom. The molecule has 2 N–H and O–H groups in total. The number of hydrogen-bond donors (Lipinski definition) is 2. The first-order valence-electron chi connectivity index (χ1n) is 13.2. The van der Waals surface area contributed by atoms with Gasteiger partial charge in [-0.3, -0.25) is 9.88 Å². The van der Waals surface area contributed by atoms with Gasteiger partial charge in [0.25, 0.3) is 0 Å². The first-order chi connectivity index (χ1) is 18.6. The molecule has 0 radical (unpaired) electrons. The van der Waals surface area contributed by atoms with Crippen molar-refractivity contribution in [2.24, 2.45) is 0 Å². The van der Waals surface area contributed by atoms with E-state index in [2.05, 4.69) is 60.4 Å². The summed E-state index contributed by atoms with van der Waals surface area (Å²) in [5.41, 5.74) is 7.04. The first kappa shape index (κ1) is 25.0. The Morgan fingerprint density at radius 3 is 2.66 bits per heavy atom. The van der Waals surface area contributed by atoms with Crippen LogP contribution in [0.4, 0.5) is 10.1 Å². The smallest absolute Gasteiger partial charge is 0.159 e. The van der Waals surface area contributed by atoms with Crippen LogP contribution in [0.3, 0.4) is 0 Å². The number of anilines is 1. The third-order valence-electron chi connectivity index (χ3n) is 7.33. The number of benzene rings is 1. The Labute approximate surface area is 226 Å². The van der Waals surface area contributed by atoms with Crippen LogP contribution in [0, 0.1) is 5.82 Å². The summed E-state index contributed by atoms with van der Waals surface area (Å²) in [6.07, 6.45) is 10.4. The minimum Gasteiger partial charge on any atom is -0.366 e. The molecule has 38 heavy (non-hydrogen) atoms. The quantitative estimate of drug-likeness (QED) is 0.364. The molecule has 0 unspecified atom stereocenters. The fraction of sp³-hybridized carbons (Fsp3) is 0.345. The molecule has 0 atom stereocenters. The molecule has 3 aromatic heterocycles. The number of halogens is 2. The summed E-state index contributed by atoms with van der Waals surface area (Å²) in [4.78, 5) is 21.4. The van der Waals surface area contributed by atoms with Crippen LogP contribution in [0.5, 0.6) is 0 Å².